The van der Waals surface area contributed by atoms with E-state index in [1.807, 2.05) is 29.7 Å². The van der Waals surface area contributed by atoms with Crippen LogP contribution in [-0.2, 0) is 13.0 Å². The highest BCUT2D eigenvalue weighted by Gasteiger charge is 2.14. The molecular weight excluding hydrogens is 358 g/mol. The van der Waals surface area contributed by atoms with Crippen LogP contribution in [0.15, 0.2) is 48.9 Å². The quantitative estimate of drug-likeness (QED) is 0.653. The lowest BCUT2D eigenvalue weighted by atomic mass is 9.97. The number of amides is 1. The average Bonchev–Trinajstić information content (AvgIpc) is 3.15. The number of carboxylic acids is 1. The molecule has 2 N–H and O–H groups in total. The summed E-state index contributed by atoms with van der Waals surface area (Å²) in [5, 5.41) is 20.0. The highest BCUT2D eigenvalue weighted by atomic mass is 16.4. The zero-order valence-corrected chi connectivity index (χ0v) is 15.7. The Morgan fingerprint density at radius 1 is 1.25 bits per heavy atom. The van der Waals surface area contributed by atoms with Crippen LogP contribution in [0.5, 0.6) is 0 Å². The van der Waals surface area contributed by atoms with Gasteiger partial charge in [0.15, 0.2) is 0 Å². The number of anilines is 1. The Hall–Kier alpha value is -3.55. The van der Waals surface area contributed by atoms with E-state index in [0.29, 0.717) is 5.69 Å². The molecule has 0 radical (unpaired) electrons. The van der Waals surface area contributed by atoms with Crippen LogP contribution in [0.2, 0.25) is 0 Å². The van der Waals surface area contributed by atoms with Gasteiger partial charge < -0.3 is 15.0 Å². The first-order valence-electron chi connectivity index (χ1n) is 8.95. The van der Waals surface area contributed by atoms with Crippen molar-refractivity contribution in [3.8, 4) is 0 Å². The third-order valence-corrected chi connectivity index (χ3v) is 4.48. The first kappa shape index (κ1) is 19.2. The second-order valence-corrected chi connectivity index (χ2v) is 6.45. The zero-order valence-electron chi connectivity index (χ0n) is 15.7. The molecule has 1 aromatic carbocycles. The Morgan fingerprint density at radius 2 is 2.07 bits per heavy atom. The average molecular weight is 379 g/mol. The smallest absolute Gasteiger partial charge is 0.335 e. The monoisotopic (exact) mass is 379 g/mol. The lowest BCUT2D eigenvalue weighted by molar-refractivity contribution is 0.0696. The fourth-order valence-electron chi connectivity index (χ4n) is 2.90. The molecule has 0 saturated carbocycles. The minimum Gasteiger partial charge on any atom is -0.478 e. The van der Waals surface area contributed by atoms with Crippen LogP contribution in [0.1, 0.15) is 52.0 Å². The summed E-state index contributed by atoms with van der Waals surface area (Å²) < 4.78 is 2.00. The predicted molar refractivity (Wildman–Crippen MR) is 103 cm³/mol. The van der Waals surface area contributed by atoms with E-state index in [1.54, 1.807) is 12.4 Å². The fraction of sp³-hybridized carbons (Fsp3) is 0.250. The van der Waals surface area contributed by atoms with Gasteiger partial charge in [0.25, 0.3) is 5.91 Å². The Bertz CT molecular complexity index is 999. The van der Waals surface area contributed by atoms with Crippen molar-refractivity contribution in [2.24, 2.45) is 0 Å². The second-order valence-electron chi connectivity index (χ2n) is 6.45. The second kappa shape index (κ2) is 8.43. The summed E-state index contributed by atoms with van der Waals surface area (Å²) in [5.41, 5.74) is 1.74. The molecule has 28 heavy (non-hydrogen) atoms. The number of rotatable bonds is 7. The van der Waals surface area contributed by atoms with Gasteiger partial charge >= 0.3 is 5.97 Å². The summed E-state index contributed by atoms with van der Waals surface area (Å²) in [7, 11) is 0. The number of nitrogens with one attached hydrogen (secondary N) is 1. The molecule has 2 heterocycles. The molecule has 1 amide bonds. The maximum absolute atomic E-state index is 12.4. The lowest BCUT2D eigenvalue weighted by Gasteiger charge is -2.14. The van der Waals surface area contributed by atoms with Crippen LogP contribution in [0, 0.1) is 0 Å². The van der Waals surface area contributed by atoms with Crippen LogP contribution >= 0.6 is 0 Å². The maximum Gasteiger partial charge on any atom is 0.335 e. The van der Waals surface area contributed by atoms with Crippen molar-refractivity contribution in [1.82, 2.24) is 19.7 Å². The molecule has 8 nitrogen and oxygen atoms in total. The molecule has 0 spiro atoms. The molecule has 144 valence electrons. The molecule has 1 atom stereocenters. The Morgan fingerprint density at radius 3 is 2.82 bits per heavy atom. The Kier molecular flexibility index (Phi) is 5.78. The van der Waals surface area contributed by atoms with Crippen molar-refractivity contribution in [3.63, 3.8) is 0 Å². The molecule has 0 bridgehead atoms. The van der Waals surface area contributed by atoms with Crippen molar-refractivity contribution in [3.05, 3.63) is 71.6 Å². The van der Waals surface area contributed by atoms with E-state index in [0.717, 1.165) is 24.4 Å². The minimum atomic E-state index is -1.10. The first-order chi connectivity index (χ1) is 13.5. The number of hydrogen-bond acceptors (Lipinski definition) is 5. The SMILES string of the molecule is CCn1cnnc1C[C@@H](C)c1cccc(NC(=O)c2cc(C(=O)O)ccn2)c1. The number of carboxylic acid groups (broad SMARTS) is 1. The Balaban J connectivity index is 1.73. The summed E-state index contributed by atoms with van der Waals surface area (Å²) in [6.07, 6.45) is 3.76. The number of pyridine rings is 1. The van der Waals surface area contributed by atoms with Crippen molar-refractivity contribution in [1.29, 1.82) is 0 Å². The standard InChI is InChI=1S/C20H21N5O3/c1-3-25-12-22-24-18(25)9-13(2)14-5-4-6-16(10-14)23-19(26)17-11-15(20(27)28)7-8-21-17/h4-8,10-13H,3,9H2,1-2H3,(H,23,26)(H,27,28)/t13-/m1/s1. The van der Waals surface area contributed by atoms with Gasteiger partial charge in [0, 0.05) is 24.8 Å². The molecule has 0 aliphatic heterocycles. The molecule has 3 rings (SSSR count). The molecule has 2 aromatic heterocycles. The van der Waals surface area contributed by atoms with E-state index < -0.39 is 11.9 Å². The van der Waals surface area contributed by atoms with Gasteiger partial charge in [0.05, 0.1) is 5.56 Å². The third-order valence-electron chi connectivity index (χ3n) is 4.48. The van der Waals surface area contributed by atoms with Gasteiger partial charge in [-0.15, -0.1) is 10.2 Å². The molecule has 0 aliphatic rings. The van der Waals surface area contributed by atoms with Crippen LogP contribution in [-0.4, -0.2) is 36.7 Å². The number of carbonyl (C=O) groups excluding carboxylic acids is 1. The van der Waals surface area contributed by atoms with E-state index in [1.165, 1.54) is 18.3 Å². The number of carbonyl (C=O) groups is 2. The summed E-state index contributed by atoms with van der Waals surface area (Å²) in [6.45, 7) is 4.95. The van der Waals surface area contributed by atoms with Gasteiger partial charge in [0.2, 0.25) is 0 Å². The highest BCUT2D eigenvalue weighted by molar-refractivity contribution is 6.04. The van der Waals surface area contributed by atoms with Crippen molar-refractivity contribution >= 4 is 17.6 Å². The first-order valence-corrected chi connectivity index (χ1v) is 8.95. The minimum absolute atomic E-state index is 0.0163. The van der Waals surface area contributed by atoms with Crippen LogP contribution in [0.4, 0.5) is 5.69 Å². The van der Waals surface area contributed by atoms with E-state index in [-0.39, 0.29) is 17.2 Å². The fourth-order valence-corrected chi connectivity index (χ4v) is 2.90. The summed E-state index contributed by atoms with van der Waals surface area (Å²) in [4.78, 5) is 27.4. The topological polar surface area (TPSA) is 110 Å². The Labute approximate surface area is 162 Å². The van der Waals surface area contributed by atoms with E-state index >= 15 is 0 Å². The van der Waals surface area contributed by atoms with Gasteiger partial charge in [-0.25, -0.2) is 4.79 Å². The van der Waals surface area contributed by atoms with Gasteiger partial charge in [-0.1, -0.05) is 19.1 Å². The van der Waals surface area contributed by atoms with Gasteiger partial charge in [0.1, 0.15) is 17.8 Å². The summed E-state index contributed by atoms with van der Waals surface area (Å²) in [5.74, 6) is -0.468. The molecular formula is C20H21N5O3. The molecule has 0 unspecified atom stereocenters. The zero-order chi connectivity index (χ0) is 20.1. The van der Waals surface area contributed by atoms with E-state index in [4.69, 9.17) is 5.11 Å². The highest BCUT2D eigenvalue weighted by Crippen LogP contribution is 2.23. The summed E-state index contributed by atoms with van der Waals surface area (Å²) >= 11 is 0. The van der Waals surface area contributed by atoms with Gasteiger partial charge in [-0.05, 0) is 42.7 Å². The van der Waals surface area contributed by atoms with Gasteiger partial charge in [-0.3, -0.25) is 9.78 Å². The number of benzene rings is 1. The number of aromatic carboxylic acids is 1. The number of aryl methyl sites for hydroxylation is 1. The maximum atomic E-state index is 12.4. The van der Waals surface area contributed by atoms with E-state index in [9.17, 15) is 9.59 Å². The normalized spacial score (nSPS) is 11.8. The number of aromatic nitrogens is 4. The number of nitrogens with zero attached hydrogens (tertiary/aromatic N) is 4. The third kappa shape index (κ3) is 4.40. The van der Waals surface area contributed by atoms with Crippen molar-refractivity contribution < 1.29 is 14.7 Å². The van der Waals surface area contributed by atoms with Crippen molar-refractivity contribution in [2.75, 3.05) is 5.32 Å². The molecule has 3 aromatic rings. The molecule has 0 fully saturated rings. The van der Waals surface area contributed by atoms with Gasteiger partial charge in [-0.2, -0.15) is 0 Å². The molecule has 0 aliphatic carbocycles. The number of hydrogen-bond donors (Lipinski definition) is 2. The lowest BCUT2D eigenvalue weighted by Crippen LogP contribution is -2.15. The molecule has 0 saturated heterocycles. The predicted octanol–water partition coefficient (Wildman–Crippen LogP) is 2.99. The molecule has 8 heteroatoms. The van der Waals surface area contributed by atoms with Crippen LogP contribution in [0.3, 0.4) is 0 Å². The van der Waals surface area contributed by atoms with Crippen LogP contribution < -0.4 is 5.32 Å². The largest absolute Gasteiger partial charge is 0.478 e. The van der Waals surface area contributed by atoms with Crippen molar-refractivity contribution in [2.45, 2.75) is 32.7 Å². The summed E-state index contributed by atoms with van der Waals surface area (Å²) in [6, 6.07) is 10.1. The van der Waals surface area contributed by atoms with E-state index in [2.05, 4.69) is 27.4 Å². The van der Waals surface area contributed by atoms with Crippen LogP contribution in [0.25, 0.3) is 0 Å².